The zero-order valence-corrected chi connectivity index (χ0v) is 17.0. The summed E-state index contributed by atoms with van der Waals surface area (Å²) in [5.41, 5.74) is 1.36. The van der Waals surface area contributed by atoms with Crippen LogP contribution in [-0.4, -0.2) is 36.3 Å². The van der Waals surface area contributed by atoms with E-state index < -0.39 is 15.9 Å². The fourth-order valence-electron chi connectivity index (χ4n) is 2.82. The first-order chi connectivity index (χ1) is 12.9. The summed E-state index contributed by atoms with van der Waals surface area (Å²) in [5.74, 6) is -0.399. The lowest BCUT2D eigenvalue weighted by molar-refractivity contribution is 0.0998. The van der Waals surface area contributed by atoms with Gasteiger partial charge in [-0.05, 0) is 36.4 Å². The predicted molar refractivity (Wildman–Crippen MR) is 107 cm³/mol. The van der Waals surface area contributed by atoms with Crippen LogP contribution in [0.2, 0.25) is 0 Å². The number of aryl methyl sites for hydroxylation is 1. The molecule has 0 aliphatic rings. The first-order valence-corrected chi connectivity index (χ1v) is 10.9. The molecule has 1 amide bonds. The van der Waals surface area contributed by atoms with E-state index in [2.05, 4.69) is 4.99 Å². The largest absolute Gasteiger partial charge is 0.319 e. The van der Waals surface area contributed by atoms with Gasteiger partial charge >= 0.3 is 0 Å². The molecule has 0 spiro atoms. The van der Waals surface area contributed by atoms with Crippen molar-refractivity contribution < 1.29 is 13.2 Å². The van der Waals surface area contributed by atoms with Crippen molar-refractivity contribution in [2.24, 2.45) is 12.0 Å². The number of para-hydroxylation sites is 1. The fraction of sp³-hybridized carbons (Fsp3) is 0.263. The number of carbonyl (C=O) groups excluding carboxylic acids is 1. The number of amides is 1. The van der Waals surface area contributed by atoms with Crippen LogP contribution in [0.4, 0.5) is 0 Å². The van der Waals surface area contributed by atoms with Gasteiger partial charge in [-0.3, -0.25) is 4.79 Å². The second-order valence-corrected chi connectivity index (χ2v) is 8.89. The molecule has 0 unspecified atom stereocenters. The van der Waals surface area contributed by atoms with Gasteiger partial charge in [0.05, 0.1) is 15.1 Å². The lowest BCUT2D eigenvalue weighted by Gasteiger charge is -2.18. The summed E-state index contributed by atoms with van der Waals surface area (Å²) in [6.45, 7) is 4.39. The van der Waals surface area contributed by atoms with E-state index in [9.17, 15) is 13.2 Å². The predicted octanol–water partition coefficient (Wildman–Crippen LogP) is 3.01. The van der Waals surface area contributed by atoms with Gasteiger partial charge in [0.15, 0.2) is 4.80 Å². The van der Waals surface area contributed by atoms with E-state index in [0.29, 0.717) is 23.5 Å². The van der Waals surface area contributed by atoms with Crippen molar-refractivity contribution in [3.63, 3.8) is 0 Å². The molecule has 2 aromatic carbocycles. The number of aromatic nitrogens is 1. The maximum Gasteiger partial charge on any atom is 0.279 e. The van der Waals surface area contributed by atoms with Crippen molar-refractivity contribution in [1.82, 2.24) is 8.87 Å². The van der Waals surface area contributed by atoms with Gasteiger partial charge in [0.2, 0.25) is 10.0 Å². The summed E-state index contributed by atoms with van der Waals surface area (Å²) in [5, 5.41) is 0. The van der Waals surface area contributed by atoms with Crippen molar-refractivity contribution in [2.45, 2.75) is 18.7 Å². The third-order valence-electron chi connectivity index (χ3n) is 4.36. The minimum atomic E-state index is -3.54. The molecule has 0 saturated carbocycles. The second-order valence-electron chi connectivity index (χ2n) is 5.94. The lowest BCUT2D eigenvalue weighted by Crippen LogP contribution is -2.30. The van der Waals surface area contributed by atoms with E-state index in [1.54, 1.807) is 13.8 Å². The minimum absolute atomic E-state index is 0.176. The summed E-state index contributed by atoms with van der Waals surface area (Å²) >= 11 is 1.44. The van der Waals surface area contributed by atoms with Crippen LogP contribution in [0.3, 0.4) is 0 Å². The Morgan fingerprint density at radius 3 is 2.30 bits per heavy atom. The second kappa shape index (κ2) is 7.75. The summed E-state index contributed by atoms with van der Waals surface area (Å²) < 4.78 is 29.4. The monoisotopic (exact) mass is 403 g/mol. The normalized spacial score (nSPS) is 12.8. The van der Waals surface area contributed by atoms with Gasteiger partial charge in [0.1, 0.15) is 0 Å². The number of hydrogen-bond donors (Lipinski definition) is 0. The summed E-state index contributed by atoms with van der Waals surface area (Å²) in [6, 6.07) is 13.8. The maximum absolute atomic E-state index is 12.5. The number of rotatable bonds is 5. The Balaban J connectivity index is 1.93. The SMILES string of the molecule is CCN(CC)S(=O)(=O)c1ccc(C(=O)N=c2sc3ccccc3n2C)cc1. The molecule has 3 aromatic rings. The van der Waals surface area contributed by atoms with E-state index in [4.69, 9.17) is 0 Å². The van der Waals surface area contributed by atoms with Crippen molar-refractivity contribution in [1.29, 1.82) is 0 Å². The Labute approximate surface area is 162 Å². The highest BCUT2D eigenvalue weighted by molar-refractivity contribution is 7.89. The molecule has 142 valence electrons. The topological polar surface area (TPSA) is 71.7 Å². The van der Waals surface area contributed by atoms with E-state index in [1.807, 2.05) is 35.9 Å². The standard InChI is InChI=1S/C19H21N3O3S2/c1-4-22(5-2)27(24,25)15-12-10-14(11-13-15)18(23)20-19-21(3)16-8-6-7-9-17(16)26-19/h6-13H,4-5H2,1-3H3. The molecular formula is C19H21N3O3S2. The highest BCUT2D eigenvalue weighted by Crippen LogP contribution is 2.18. The van der Waals surface area contributed by atoms with Crippen LogP contribution < -0.4 is 4.80 Å². The molecule has 0 N–H and O–H groups in total. The molecular weight excluding hydrogens is 382 g/mol. The van der Waals surface area contributed by atoms with Gasteiger partial charge in [0.25, 0.3) is 5.91 Å². The summed E-state index contributed by atoms with van der Waals surface area (Å²) in [6.07, 6.45) is 0. The highest BCUT2D eigenvalue weighted by Gasteiger charge is 2.21. The number of nitrogens with zero attached hydrogens (tertiary/aromatic N) is 3. The summed E-state index contributed by atoms with van der Waals surface area (Å²) in [7, 11) is -1.67. The van der Waals surface area contributed by atoms with Gasteiger partial charge < -0.3 is 4.57 Å². The van der Waals surface area contributed by atoms with Crippen molar-refractivity contribution in [3.8, 4) is 0 Å². The average molecular weight is 404 g/mol. The van der Waals surface area contributed by atoms with Crippen LogP contribution in [-0.2, 0) is 17.1 Å². The number of benzene rings is 2. The number of carbonyl (C=O) groups is 1. The average Bonchev–Trinajstić information content (AvgIpc) is 2.98. The molecule has 1 heterocycles. The zero-order chi connectivity index (χ0) is 19.6. The van der Waals surface area contributed by atoms with Gasteiger partial charge in [-0.15, -0.1) is 0 Å². The van der Waals surface area contributed by atoms with E-state index >= 15 is 0 Å². The van der Waals surface area contributed by atoms with Crippen LogP contribution in [0.1, 0.15) is 24.2 Å². The van der Waals surface area contributed by atoms with Crippen LogP contribution in [0.25, 0.3) is 10.2 Å². The van der Waals surface area contributed by atoms with Crippen LogP contribution in [0.15, 0.2) is 58.4 Å². The Hall–Kier alpha value is -2.29. The molecule has 0 aliphatic heterocycles. The summed E-state index contributed by atoms with van der Waals surface area (Å²) in [4.78, 5) is 17.5. The molecule has 0 saturated heterocycles. The highest BCUT2D eigenvalue weighted by atomic mass is 32.2. The molecule has 27 heavy (non-hydrogen) atoms. The molecule has 0 aliphatic carbocycles. The third kappa shape index (κ3) is 3.73. The van der Waals surface area contributed by atoms with Gasteiger partial charge in [-0.1, -0.05) is 37.3 Å². The van der Waals surface area contributed by atoms with Crippen molar-refractivity contribution >= 4 is 37.5 Å². The molecule has 0 bridgehead atoms. The fourth-order valence-corrected chi connectivity index (χ4v) is 5.30. The van der Waals surface area contributed by atoms with Gasteiger partial charge in [-0.2, -0.15) is 9.30 Å². The molecule has 1 aromatic heterocycles. The van der Waals surface area contributed by atoms with Crippen LogP contribution >= 0.6 is 11.3 Å². The van der Waals surface area contributed by atoms with Crippen LogP contribution in [0, 0.1) is 0 Å². The van der Waals surface area contributed by atoms with Crippen molar-refractivity contribution in [2.75, 3.05) is 13.1 Å². The molecule has 0 radical (unpaired) electrons. The Kier molecular flexibility index (Phi) is 5.59. The quantitative estimate of drug-likeness (QED) is 0.657. The molecule has 8 heteroatoms. The van der Waals surface area contributed by atoms with Gasteiger partial charge in [0, 0.05) is 25.7 Å². The van der Waals surface area contributed by atoms with Gasteiger partial charge in [-0.25, -0.2) is 8.42 Å². The van der Waals surface area contributed by atoms with Crippen LogP contribution in [0.5, 0.6) is 0 Å². The third-order valence-corrected chi connectivity index (χ3v) is 7.53. The first kappa shape index (κ1) is 19.5. The Morgan fingerprint density at radius 2 is 1.70 bits per heavy atom. The van der Waals surface area contributed by atoms with E-state index in [0.717, 1.165) is 10.2 Å². The number of thiazole rings is 1. The van der Waals surface area contributed by atoms with E-state index in [1.165, 1.54) is 39.9 Å². The molecule has 0 atom stereocenters. The lowest BCUT2D eigenvalue weighted by atomic mass is 10.2. The molecule has 3 rings (SSSR count). The van der Waals surface area contributed by atoms with Crippen molar-refractivity contribution in [3.05, 3.63) is 58.9 Å². The Bertz CT molecular complexity index is 1140. The number of hydrogen-bond acceptors (Lipinski definition) is 4. The van der Waals surface area contributed by atoms with E-state index in [-0.39, 0.29) is 4.90 Å². The zero-order valence-electron chi connectivity index (χ0n) is 15.4. The number of sulfonamides is 1. The maximum atomic E-state index is 12.5. The number of fused-ring (bicyclic) bond motifs is 1. The molecule has 0 fully saturated rings. The molecule has 6 nitrogen and oxygen atoms in total. The Morgan fingerprint density at radius 1 is 1.07 bits per heavy atom. The smallest absolute Gasteiger partial charge is 0.279 e. The minimum Gasteiger partial charge on any atom is -0.319 e. The first-order valence-electron chi connectivity index (χ1n) is 8.62.